The fourth-order valence-corrected chi connectivity index (χ4v) is 4.45. The second-order valence-electron chi connectivity index (χ2n) is 6.11. The molecule has 0 saturated heterocycles. The molecule has 0 spiro atoms. The first-order valence-corrected chi connectivity index (χ1v) is 11.9. The van der Waals surface area contributed by atoms with Gasteiger partial charge in [0.2, 0.25) is 10.0 Å². The molecule has 0 aromatic heterocycles. The molecule has 1 aliphatic rings. The third kappa shape index (κ3) is 6.40. The average Bonchev–Trinajstić information content (AvgIpc) is 2.72. The fraction of sp³-hybridized carbons (Fsp3) is 0.222. The number of hydrogen-bond acceptors (Lipinski definition) is 8. The molecule has 31 heavy (non-hydrogen) atoms. The van der Waals surface area contributed by atoms with Crippen LogP contribution in [0.5, 0.6) is 11.5 Å². The number of primary sulfonamides is 1. The first-order chi connectivity index (χ1) is 14.6. The van der Waals surface area contributed by atoms with Gasteiger partial charge in [-0.15, -0.1) is 11.8 Å². The van der Waals surface area contributed by atoms with Gasteiger partial charge >= 0.3 is 5.97 Å². The summed E-state index contributed by atoms with van der Waals surface area (Å²) in [5, 5.41) is 7.13. The summed E-state index contributed by atoms with van der Waals surface area (Å²) in [6.45, 7) is 0.363. The van der Waals surface area contributed by atoms with Crippen LogP contribution < -0.4 is 19.9 Å². The maximum absolute atomic E-state index is 12.1. The first kappa shape index (κ1) is 23.5. The number of carbonyl (C=O) groups excluding carboxylic acids is 2. The summed E-state index contributed by atoms with van der Waals surface area (Å²) in [6.07, 6.45) is 0. The van der Waals surface area contributed by atoms with E-state index in [9.17, 15) is 18.0 Å². The van der Waals surface area contributed by atoms with Crippen LogP contribution in [-0.2, 0) is 24.3 Å². The summed E-state index contributed by atoms with van der Waals surface area (Å²) in [6, 6.07) is 7.40. The number of carbonyl (C=O) groups is 2. The Kier molecular flexibility index (Phi) is 7.55. The standard InChI is InChI=1S/C18H16Cl2N2O7S2/c19-12-6-11(31(21,25)26)7-13(20)18(12)22-16(23)8-29-17(24)9-30-10-1-2-14-15(5-10)28-4-3-27-14/h1-2,5-7H,3-4,8-9H2,(H,22,23)(H2,21,25,26). The van der Waals surface area contributed by atoms with Crippen LogP contribution in [-0.4, -0.2) is 45.9 Å². The van der Waals surface area contributed by atoms with Gasteiger partial charge in [0.25, 0.3) is 5.91 Å². The van der Waals surface area contributed by atoms with Crippen molar-refractivity contribution in [3.8, 4) is 11.5 Å². The minimum Gasteiger partial charge on any atom is -0.486 e. The molecule has 0 unspecified atom stereocenters. The first-order valence-electron chi connectivity index (χ1n) is 8.63. The topological polar surface area (TPSA) is 134 Å². The smallest absolute Gasteiger partial charge is 0.316 e. The van der Waals surface area contributed by atoms with E-state index in [1.165, 1.54) is 11.8 Å². The molecule has 3 N–H and O–H groups in total. The zero-order chi connectivity index (χ0) is 22.6. The molecular weight excluding hydrogens is 491 g/mol. The maximum atomic E-state index is 12.1. The molecule has 1 amide bonds. The highest BCUT2D eigenvalue weighted by molar-refractivity contribution is 8.00. The van der Waals surface area contributed by atoms with Crippen molar-refractivity contribution in [2.24, 2.45) is 5.14 Å². The molecule has 1 aliphatic heterocycles. The molecule has 0 radical (unpaired) electrons. The molecule has 0 bridgehead atoms. The number of anilines is 1. The Hall–Kier alpha value is -2.18. The number of thioether (sulfide) groups is 1. The number of sulfonamides is 1. The van der Waals surface area contributed by atoms with Gasteiger partial charge in [-0.3, -0.25) is 9.59 Å². The highest BCUT2D eigenvalue weighted by atomic mass is 35.5. The molecule has 9 nitrogen and oxygen atoms in total. The SMILES string of the molecule is NS(=O)(=O)c1cc(Cl)c(NC(=O)COC(=O)CSc2ccc3c(c2)OCCO3)c(Cl)c1. The number of hydrogen-bond donors (Lipinski definition) is 2. The van der Waals surface area contributed by atoms with E-state index in [2.05, 4.69) is 5.32 Å². The van der Waals surface area contributed by atoms with Gasteiger partial charge in [0.05, 0.1) is 26.4 Å². The second-order valence-corrected chi connectivity index (χ2v) is 9.53. The maximum Gasteiger partial charge on any atom is 0.316 e. The minimum absolute atomic E-state index is 0.0255. The number of esters is 1. The molecule has 0 fully saturated rings. The van der Waals surface area contributed by atoms with E-state index < -0.39 is 28.5 Å². The summed E-state index contributed by atoms with van der Waals surface area (Å²) < 4.78 is 38.6. The highest BCUT2D eigenvalue weighted by Crippen LogP contribution is 2.34. The van der Waals surface area contributed by atoms with Crippen LogP contribution >= 0.6 is 35.0 Å². The number of nitrogens with two attached hydrogens (primary N) is 1. The molecule has 2 aromatic rings. The highest BCUT2D eigenvalue weighted by Gasteiger charge is 2.18. The van der Waals surface area contributed by atoms with Gasteiger partial charge in [-0.1, -0.05) is 23.2 Å². The number of fused-ring (bicyclic) bond motifs is 1. The van der Waals surface area contributed by atoms with Crippen molar-refractivity contribution in [1.29, 1.82) is 0 Å². The quantitative estimate of drug-likeness (QED) is 0.432. The van der Waals surface area contributed by atoms with Crippen LogP contribution in [0.2, 0.25) is 10.0 Å². The molecule has 166 valence electrons. The van der Waals surface area contributed by atoms with Crippen molar-refractivity contribution >= 4 is 62.6 Å². The molecule has 0 atom stereocenters. The average molecular weight is 507 g/mol. The summed E-state index contributed by atoms with van der Waals surface area (Å²) in [5.41, 5.74) is -0.0255. The van der Waals surface area contributed by atoms with E-state index in [0.717, 1.165) is 17.0 Å². The van der Waals surface area contributed by atoms with E-state index in [1.807, 2.05) is 0 Å². The van der Waals surface area contributed by atoms with E-state index in [4.69, 9.17) is 42.6 Å². The second kappa shape index (κ2) is 9.96. The Labute approximate surface area is 192 Å². The molecule has 0 saturated carbocycles. The molecule has 13 heteroatoms. The van der Waals surface area contributed by atoms with Gasteiger partial charge in [-0.2, -0.15) is 0 Å². The van der Waals surface area contributed by atoms with Gasteiger partial charge in [0.15, 0.2) is 18.1 Å². The minimum atomic E-state index is -4.02. The normalized spacial score (nSPS) is 12.9. The van der Waals surface area contributed by atoms with Crippen molar-refractivity contribution < 1.29 is 32.2 Å². The molecule has 0 aliphatic carbocycles. The molecule has 2 aromatic carbocycles. The number of rotatable bonds is 7. The zero-order valence-electron chi connectivity index (χ0n) is 15.7. The number of nitrogens with one attached hydrogen (secondary N) is 1. The van der Waals surface area contributed by atoms with E-state index >= 15 is 0 Å². The Morgan fingerprint density at radius 1 is 1.10 bits per heavy atom. The monoisotopic (exact) mass is 506 g/mol. The van der Waals surface area contributed by atoms with E-state index in [0.29, 0.717) is 24.7 Å². The summed E-state index contributed by atoms with van der Waals surface area (Å²) in [4.78, 5) is 24.5. The van der Waals surface area contributed by atoms with Crippen LogP contribution in [0.15, 0.2) is 40.1 Å². The van der Waals surface area contributed by atoms with Crippen molar-refractivity contribution in [2.75, 3.05) is 30.9 Å². The Morgan fingerprint density at radius 2 is 1.74 bits per heavy atom. The van der Waals surface area contributed by atoms with Gasteiger partial charge in [-0.05, 0) is 30.3 Å². The summed E-state index contributed by atoms with van der Waals surface area (Å²) in [7, 11) is -4.02. The Morgan fingerprint density at radius 3 is 2.39 bits per heavy atom. The molecular formula is C18H16Cl2N2O7S2. The number of benzene rings is 2. The third-order valence-corrected chi connectivity index (χ3v) is 6.30. The van der Waals surface area contributed by atoms with Crippen LogP contribution in [0.3, 0.4) is 0 Å². The summed E-state index contributed by atoms with van der Waals surface area (Å²) in [5.74, 6) is -0.102. The predicted molar refractivity (Wildman–Crippen MR) is 116 cm³/mol. The number of amides is 1. The van der Waals surface area contributed by atoms with Gasteiger partial charge in [0, 0.05) is 4.90 Å². The van der Waals surface area contributed by atoms with Crippen LogP contribution in [0, 0.1) is 0 Å². The zero-order valence-corrected chi connectivity index (χ0v) is 18.9. The van der Waals surface area contributed by atoms with Crippen molar-refractivity contribution in [2.45, 2.75) is 9.79 Å². The predicted octanol–water partition coefficient (Wildman–Crippen LogP) is 2.69. The summed E-state index contributed by atoms with van der Waals surface area (Å²) >= 11 is 13.1. The lowest BCUT2D eigenvalue weighted by Gasteiger charge is -2.18. The lowest BCUT2D eigenvalue weighted by atomic mass is 10.3. The van der Waals surface area contributed by atoms with Crippen molar-refractivity contribution in [3.05, 3.63) is 40.4 Å². The molecule has 3 rings (SSSR count). The number of ether oxygens (including phenoxy) is 3. The Balaban J connectivity index is 1.50. The lowest BCUT2D eigenvalue weighted by molar-refractivity contribution is -0.144. The van der Waals surface area contributed by atoms with Crippen LogP contribution in [0.4, 0.5) is 5.69 Å². The lowest BCUT2D eigenvalue weighted by Crippen LogP contribution is -2.22. The van der Waals surface area contributed by atoms with E-state index in [1.54, 1.807) is 18.2 Å². The molecule has 1 heterocycles. The Bertz CT molecular complexity index is 1100. The van der Waals surface area contributed by atoms with Gasteiger partial charge in [0.1, 0.15) is 13.2 Å². The van der Waals surface area contributed by atoms with Gasteiger partial charge in [-0.25, -0.2) is 13.6 Å². The van der Waals surface area contributed by atoms with Crippen molar-refractivity contribution in [1.82, 2.24) is 0 Å². The van der Waals surface area contributed by atoms with Crippen LogP contribution in [0.25, 0.3) is 0 Å². The van der Waals surface area contributed by atoms with Crippen LogP contribution in [0.1, 0.15) is 0 Å². The third-order valence-electron chi connectivity index (χ3n) is 3.84. The van der Waals surface area contributed by atoms with E-state index in [-0.39, 0.29) is 26.4 Å². The van der Waals surface area contributed by atoms with Gasteiger partial charge < -0.3 is 19.5 Å². The number of halogens is 2. The fourth-order valence-electron chi connectivity index (χ4n) is 2.45. The largest absolute Gasteiger partial charge is 0.486 e. The van der Waals surface area contributed by atoms with Crippen molar-refractivity contribution in [3.63, 3.8) is 0 Å².